The number of aryl methyl sites for hydroxylation is 1. The van der Waals surface area contributed by atoms with Gasteiger partial charge in [0.25, 0.3) is 5.91 Å². The van der Waals surface area contributed by atoms with E-state index < -0.39 is 0 Å². The predicted molar refractivity (Wildman–Crippen MR) is 65.4 cm³/mol. The maximum atomic E-state index is 11.9. The predicted octanol–water partition coefficient (Wildman–Crippen LogP) is 1.85. The molecule has 0 bridgehead atoms. The molecule has 16 heavy (non-hydrogen) atoms. The summed E-state index contributed by atoms with van der Waals surface area (Å²) in [5.74, 6) is 0.00537. The highest BCUT2D eigenvalue weighted by Crippen LogP contribution is 2.16. The summed E-state index contributed by atoms with van der Waals surface area (Å²) in [7, 11) is 0. The first-order valence-corrected chi connectivity index (χ1v) is 5.45. The fraction of sp³-hybridized carbons (Fsp3) is 0.308. The zero-order valence-electron chi connectivity index (χ0n) is 9.63. The molecule has 3 heteroatoms. The minimum absolute atomic E-state index is 0.00537. The van der Waals surface area contributed by atoms with Crippen molar-refractivity contribution in [3.05, 3.63) is 41.0 Å². The van der Waals surface area contributed by atoms with Gasteiger partial charge in [-0.25, -0.2) is 0 Å². The Morgan fingerprint density at radius 3 is 2.56 bits per heavy atom. The van der Waals surface area contributed by atoms with E-state index in [1.807, 2.05) is 38.1 Å². The van der Waals surface area contributed by atoms with Gasteiger partial charge in [-0.05, 0) is 31.1 Å². The lowest BCUT2D eigenvalue weighted by Crippen LogP contribution is -2.36. The van der Waals surface area contributed by atoms with E-state index in [9.17, 15) is 4.79 Å². The van der Waals surface area contributed by atoms with Crippen molar-refractivity contribution in [2.45, 2.75) is 13.8 Å². The van der Waals surface area contributed by atoms with E-state index in [1.54, 1.807) is 0 Å². The van der Waals surface area contributed by atoms with Gasteiger partial charge in [0.05, 0.1) is 0 Å². The number of benzene rings is 1. The standard InChI is InChI=1S/C13H16N2O/c1-9-5-3-4-6-12(9)15-13(16)10(2)11-7-14-8-11/h3-6,14H,7-8H2,1-2H3,(H,15,16). The van der Waals surface area contributed by atoms with Crippen molar-refractivity contribution >= 4 is 11.6 Å². The summed E-state index contributed by atoms with van der Waals surface area (Å²) >= 11 is 0. The second-order valence-electron chi connectivity index (χ2n) is 4.10. The molecule has 1 fully saturated rings. The average Bonchev–Trinajstić information content (AvgIpc) is 2.18. The molecule has 2 rings (SSSR count). The van der Waals surface area contributed by atoms with Crippen molar-refractivity contribution in [3.8, 4) is 0 Å². The van der Waals surface area contributed by atoms with Crippen molar-refractivity contribution in [2.75, 3.05) is 18.4 Å². The van der Waals surface area contributed by atoms with E-state index >= 15 is 0 Å². The summed E-state index contributed by atoms with van der Waals surface area (Å²) in [6, 6.07) is 7.80. The molecule has 0 unspecified atom stereocenters. The number of anilines is 1. The lowest BCUT2D eigenvalue weighted by molar-refractivity contribution is -0.112. The van der Waals surface area contributed by atoms with Crippen LogP contribution in [0.15, 0.2) is 35.4 Å². The molecule has 0 spiro atoms. The van der Waals surface area contributed by atoms with Gasteiger partial charge in [-0.3, -0.25) is 4.79 Å². The molecule has 0 radical (unpaired) electrons. The molecule has 1 aliphatic rings. The van der Waals surface area contributed by atoms with Crippen LogP contribution >= 0.6 is 0 Å². The second kappa shape index (κ2) is 4.49. The van der Waals surface area contributed by atoms with Crippen LogP contribution in [0.25, 0.3) is 0 Å². The Morgan fingerprint density at radius 2 is 2.00 bits per heavy atom. The molecule has 0 atom stereocenters. The molecule has 0 aromatic heterocycles. The van der Waals surface area contributed by atoms with E-state index in [0.717, 1.165) is 29.9 Å². The van der Waals surface area contributed by atoms with E-state index in [4.69, 9.17) is 0 Å². The third kappa shape index (κ3) is 2.14. The highest BCUT2D eigenvalue weighted by Gasteiger charge is 2.16. The largest absolute Gasteiger partial charge is 0.322 e. The number of carbonyl (C=O) groups is 1. The lowest BCUT2D eigenvalue weighted by Gasteiger charge is -2.21. The van der Waals surface area contributed by atoms with Crippen LogP contribution in [0.2, 0.25) is 0 Å². The number of carbonyl (C=O) groups excluding carboxylic acids is 1. The van der Waals surface area contributed by atoms with Gasteiger partial charge in [0, 0.05) is 24.4 Å². The molecule has 1 amide bonds. The van der Waals surface area contributed by atoms with Gasteiger partial charge in [0.15, 0.2) is 0 Å². The zero-order chi connectivity index (χ0) is 11.5. The monoisotopic (exact) mass is 216 g/mol. The number of para-hydroxylation sites is 1. The molecule has 2 N–H and O–H groups in total. The molecular weight excluding hydrogens is 200 g/mol. The molecular formula is C13H16N2O. The van der Waals surface area contributed by atoms with Crippen LogP contribution < -0.4 is 10.6 Å². The first-order valence-electron chi connectivity index (χ1n) is 5.45. The van der Waals surface area contributed by atoms with E-state index in [0.29, 0.717) is 0 Å². The number of nitrogens with one attached hydrogen (secondary N) is 2. The molecule has 1 heterocycles. The molecule has 3 nitrogen and oxygen atoms in total. The molecule has 1 saturated heterocycles. The highest BCUT2D eigenvalue weighted by molar-refractivity contribution is 6.04. The molecule has 0 aliphatic carbocycles. The summed E-state index contributed by atoms with van der Waals surface area (Å²) in [6.45, 7) is 5.55. The Kier molecular flexibility index (Phi) is 3.06. The Bertz CT molecular complexity index is 443. The van der Waals surface area contributed by atoms with Crippen molar-refractivity contribution < 1.29 is 4.79 Å². The Labute approximate surface area is 95.6 Å². The quantitative estimate of drug-likeness (QED) is 0.741. The Balaban J connectivity index is 2.11. The fourth-order valence-electron chi connectivity index (χ4n) is 1.60. The van der Waals surface area contributed by atoms with E-state index in [1.165, 1.54) is 5.57 Å². The van der Waals surface area contributed by atoms with Gasteiger partial charge < -0.3 is 10.6 Å². The molecule has 1 aromatic rings. The maximum Gasteiger partial charge on any atom is 0.251 e. The zero-order valence-corrected chi connectivity index (χ0v) is 9.63. The van der Waals surface area contributed by atoms with Gasteiger partial charge in [-0.15, -0.1) is 0 Å². The first kappa shape index (κ1) is 10.9. The molecule has 84 valence electrons. The smallest absolute Gasteiger partial charge is 0.251 e. The maximum absolute atomic E-state index is 11.9. The molecule has 1 aliphatic heterocycles. The van der Waals surface area contributed by atoms with Crippen LogP contribution in [0.3, 0.4) is 0 Å². The summed E-state index contributed by atoms with van der Waals surface area (Å²) in [6.07, 6.45) is 0. The molecule has 0 saturated carbocycles. The van der Waals surface area contributed by atoms with Crippen molar-refractivity contribution in [1.82, 2.24) is 5.32 Å². The van der Waals surface area contributed by atoms with Crippen molar-refractivity contribution in [2.24, 2.45) is 0 Å². The van der Waals surface area contributed by atoms with E-state index in [-0.39, 0.29) is 5.91 Å². The van der Waals surface area contributed by atoms with Gasteiger partial charge in [-0.1, -0.05) is 18.2 Å². The fourth-order valence-corrected chi connectivity index (χ4v) is 1.60. The third-order valence-electron chi connectivity index (χ3n) is 2.94. The highest BCUT2D eigenvalue weighted by atomic mass is 16.1. The average molecular weight is 216 g/mol. The minimum Gasteiger partial charge on any atom is -0.322 e. The second-order valence-corrected chi connectivity index (χ2v) is 4.10. The summed E-state index contributed by atoms with van der Waals surface area (Å²) in [5.41, 5.74) is 4.01. The first-order chi connectivity index (χ1) is 7.68. The number of hydrogen-bond acceptors (Lipinski definition) is 2. The van der Waals surface area contributed by atoms with Crippen LogP contribution in [0.1, 0.15) is 12.5 Å². The van der Waals surface area contributed by atoms with Crippen molar-refractivity contribution in [3.63, 3.8) is 0 Å². The van der Waals surface area contributed by atoms with E-state index in [2.05, 4.69) is 10.6 Å². The number of rotatable bonds is 2. The Hall–Kier alpha value is -1.61. The Morgan fingerprint density at radius 1 is 1.31 bits per heavy atom. The van der Waals surface area contributed by atoms with Gasteiger partial charge in [0.1, 0.15) is 0 Å². The topological polar surface area (TPSA) is 41.1 Å². The summed E-state index contributed by atoms with van der Waals surface area (Å²) in [4.78, 5) is 11.9. The van der Waals surface area contributed by atoms with Crippen LogP contribution in [0, 0.1) is 6.92 Å². The normalized spacial score (nSPS) is 14.2. The lowest BCUT2D eigenvalue weighted by atomic mass is 10.0. The van der Waals surface area contributed by atoms with Crippen LogP contribution in [0.5, 0.6) is 0 Å². The SMILES string of the molecule is CC(C(=O)Nc1ccccc1C)=C1CNC1. The summed E-state index contributed by atoms with van der Waals surface area (Å²) < 4.78 is 0. The summed E-state index contributed by atoms with van der Waals surface area (Å²) in [5, 5.41) is 6.07. The van der Waals surface area contributed by atoms with Crippen LogP contribution in [-0.4, -0.2) is 19.0 Å². The van der Waals surface area contributed by atoms with Crippen LogP contribution in [-0.2, 0) is 4.79 Å². The van der Waals surface area contributed by atoms with Gasteiger partial charge in [0.2, 0.25) is 0 Å². The van der Waals surface area contributed by atoms with Gasteiger partial charge in [-0.2, -0.15) is 0 Å². The van der Waals surface area contributed by atoms with Crippen LogP contribution in [0.4, 0.5) is 5.69 Å². The number of amides is 1. The minimum atomic E-state index is 0.00537. The molecule has 1 aromatic carbocycles. The third-order valence-corrected chi connectivity index (χ3v) is 2.94. The number of hydrogen-bond donors (Lipinski definition) is 2. The van der Waals surface area contributed by atoms with Crippen molar-refractivity contribution in [1.29, 1.82) is 0 Å². The van der Waals surface area contributed by atoms with Gasteiger partial charge >= 0.3 is 0 Å².